The zero-order valence-corrected chi connectivity index (χ0v) is 15.9. The van der Waals surface area contributed by atoms with Gasteiger partial charge in [-0.05, 0) is 42.0 Å². The van der Waals surface area contributed by atoms with Gasteiger partial charge in [-0.2, -0.15) is 0 Å². The summed E-state index contributed by atoms with van der Waals surface area (Å²) >= 11 is 0. The molecule has 1 saturated heterocycles. The van der Waals surface area contributed by atoms with Gasteiger partial charge in [-0.3, -0.25) is 4.90 Å². The molecule has 27 heavy (non-hydrogen) atoms. The third-order valence-corrected chi connectivity index (χ3v) is 6.00. The van der Waals surface area contributed by atoms with Gasteiger partial charge in [0, 0.05) is 25.7 Å². The van der Waals surface area contributed by atoms with E-state index in [0.29, 0.717) is 32.1 Å². The molecule has 1 N–H and O–H groups in total. The fourth-order valence-electron chi connectivity index (χ4n) is 3.09. The van der Waals surface area contributed by atoms with E-state index in [4.69, 9.17) is 9.47 Å². The number of hydrogen-bond acceptors (Lipinski definition) is 5. The maximum absolute atomic E-state index is 13.7. The Morgan fingerprint density at radius 2 is 1.89 bits per heavy atom. The van der Waals surface area contributed by atoms with Crippen LogP contribution in [0.1, 0.15) is 11.6 Å². The lowest BCUT2D eigenvalue weighted by molar-refractivity contribution is 0.0171. The number of sulfonamides is 1. The van der Waals surface area contributed by atoms with E-state index in [2.05, 4.69) is 9.62 Å². The van der Waals surface area contributed by atoms with Crippen molar-refractivity contribution in [2.75, 3.05) is 40.0 Å². The Bertz CT molecular complexity index is 852. The van der Waals surface area contributed by atoms with Crippen LogP contribution in [0, 0.1) is 5.82 Å². The number of ether oxygens (including phenoxy) is 2. The molecule has 0 bridgehead atoms. The molecule has 1 aliphatic rings. The van der Waals surface area contributed by atoms with Crippen LogP contribution in [-0.4, -0.2) is 53.3 Å². The predicted molar refractivity (Wildman–Crippen MR) is 99.7 cm³/mol. The highest BCUT2D eigenvalue weighted by atomic mass is 32.2. The number of methoxy groups -OCH3 is 1. The fourth-order valence-corrected chi connectivity index (χ4v) is 4.13. The lowest BCUT2D eigenvalue weighted by atomic mass is 10.0. The summed E-state index contributed by atoms with van der Waals surface area (Å²) in [7, 11) is -2.17. The number of rotatable bonds is 7. The molecule has 1 fully saturated rings. The van der Waals surface area contributed by atoms with E-state index in [1.165, 1.54) is 31.4 Å². The SMILES string of the molecule is COc1ccc(S(=O)(=O)NCC(c2cccc(F)c2)N2CCOCC2)cc1. The van der Waals surface area contributed by atoms with Gasteiger partial charge < -0.3 is 9.47 Å². The van der Waals surface area contributed by atoms with Crippen molar-refractivity contribution in [3.05, 3.63) is 59.9 Å². The van der Waals surface area contributed by atoms with Gasteiger partial charge in [-0.25, -0.2) is 17.5 Å². The smallest absolute Gasteiger partial charge is 0.240 e. The van der Waals surface area contributed by atoms with E-state index >= 15 is 0 Å². The Kier molecular flexibility index (Phi) is 6.43. The molecular weight excluding hydrogens is 371 g/mol. The molecule has 0 saturated carbocycles. The topological polar surface area (TPSA) is 67.9 Å². The second-order valence-electron chi connectivity index (χ2n) is 6.25. The summed E-state index contributed by atoms with van der Waals surface area (Å²) < 4.78 is 52.1. The summed E-state index contributed by atoms with van der Waals surface area (Å²) in [6.07, 6.45) is 0. The molecule has 0 amide bonds. The van der Waals surface area contributed by atoms with E-state index in [-0.39, 0.29) is 23.3 Å². The van der Waals surface area contributed by atoms with Crippen molar-refractivity contribution in [3.63, 3.8) is 0 Å². The Hall–Kier alpha value is -2.00. The zero-order chi connectivity index (χ0) is 19.3. The van der Waals surface area contributed by atoms with Crippen LogP contribution in [0.15, 0.2) is 53.4 Å². The Morgan fingerprint density at radius 1 is 1.19 bits per heavy atom. The Balaban J connectivity index is 1.78. The first kappa shape index (κ1) is 19.8. The van der Waals surface area contributed by atoms with Crippen molar-refractivity contribution in [2.45, 2.75) is 10.9 Å². The molecule has 1 heterocycles. The van der Waals surface area contributed by atoms with Crippen LogP contribution >= 0.6 is 0 Å². The summed E-state index contributed by atoms with van der Waals surface area (Å²) in [5.74, 6) is 0.240. The van der Waals surface area contributed by atoms with Crippen LogP contribution < -0.4 is 9.46 Å². The van der Waals surface area contributed by atoms with E-state index in [1.54, 1.807) is 18.2 Å². The highest BCUT2D eigenvalue weighted by Crippen LogP contribution is 2.23. The number of halogens is 1. The van der Waals surface area contributed by atoms with Crippen LogP contribution in [0.4, 0.5) is 4.39 Å². The van der Waals surface area contributed by atoms with E-state index < -0.39 is 10.0 Å². The van der Waals surface area contributed by atoms with Crippen molar-refractivity contribution in [2.24, 2.45) is 0 Å². The molecule has 3 rings (SSSR count). The maximum atomic E-state index is 13.7. The molecule has 6 nitrogen and oxygen atoms in total. The highest BCUT2D eigenvalue weighted by Gasteiger charge is 2.25. The Labute approximate surface area is 159 Å². The standard InChI is InChI=1S/C19H23FN2O4S/c1-25-17-5-7-18(8-6-17)27(23,24)21-14-19(22-9-11-26-12-10-22)15-3-2-4-16(20)13-15/h2-8,13,19,21H,9-12,14H2,1H3. The lowest BCUT2D eigenvalue weighted by Gasteiger charge is -2.34. The quantitative estimate of drug-likeness (QED) is 0.780. The molecule has 0 radical (unpaired) electrons. The summed E-state index contributed by atoms with van der Waals surface area (Å²) in [6.45, 7) is 2.59. The Morgan fingerprint density at radius 3 is 2.52 bits per heavy atom. The molecule has 2 aromatic carbocycles. The van der Waals surface area contributed by atoms with Crippen molar-refractivity contribution in [1.29, 1.82) is 0 Å². The molecular formula is C19H23FN2O4S. The van der Waals surface area contributed by atoms with Crippen LogP contribution in [-0.2, 0) is 14.8 Å². The molecule has 1 atom stereocenters. The minimum absolute atomic E-state index is 0.137. The van der Waals surface area contributed by atoms with Gasteiger partial charge in [0.05, 0.1) is 25.2 Å². The normalized spacial score (nSPS) is 16.8. The summed E-state index contributed by atoms with van der Waals surface area (Å²) in [5, 5.41) is 0. The zero-order valence-electron chi connectivity index (χ0n) is 15.1. The van der Waals surface area contributed by atoms with Crippen LogP contribution in [0.25, 0.3) is 0 Å². The molecule has 0 aromatic heterocycles. The predicted octanol–water partition coefficient (Wildman–Crippen LogP) is 2.19. The van der Waals surface area contributed by atoms with Crippen molar-refractivity contribution in [1.82, 2.24) is 9.62 Å². The van der Waals surface area contributed by atoms with E-state index in [0.717, 1.165) is 5.56 Å². The number of benzene rings is 2. The van der Waals surface area contributed by atoms with Gasteiger partial charge in [0.15, 0.2) is 0 Å². The first-order valence-corrected chi connectivity index (χ1v) is 10.2. The molecule has 1 unspecified atom stereocenters. The molecule has 0 spiro atoms. The monoisotopic (exact) mass is 394 g/mol. The molecule has 146 valence electrons. The van der Waals surface area contributed by atoms with Gasteiger partial charge in [-0.1, -0.05) is 12.1 Å². The van der Waals surface area contributed by atoms with Crippen molar-refractivity contribution < 1.29 is 22.3 Å². The van der Waals surface area contributed by atoms with Crippen LogP contribution in [0.2, 0.25) is 0 Å². The minimum Gasteiger partial charge on any atom is -0.497 e. The first-order chi connectivity index (χ1) is 13.0. The molecule has 1 aliphatic heterocycles. The average Bonchev–Trinajstić information content (AvgIpc) is 2.69. The van der Waals surface area contributed by atoms with Crippen molar-refractivity contribution >= 4 is 10.0 Å². The van der Waals surface area contributed by atoms with Gasteiger partial charge in [0.25, 0.3) is 0 Å². The second-order valence-corrected chi connectivity index (χ2v) is 8.01. The average molecular weight is 394 g/mol. The molecule has 0 aliphatic carbocycles. The van der Waals surface area contributed by atoms with E-state index in [9.17, 15) is 12.8 Å². The lowest BCUT2D eigenvalue weighted by Crippen LogP contribution is -2.43. The maximum Gasteiger partial charge on any atom is 0.240 e. The number of morpholine rings is 1. The number of nitrogens with zero attached hydrogens (tertiary/aromatic N) is 1. The van der Waals surface area contributed by atoms with Gasteiger partial charge in [-0.15, -0.1) is 0 Å². The number of hydrogen-bond donors (Lipinski definition) is 1. The summed E-state index contributed by atoms with van der Waals surface area (Å²) in [4.78, 5) is 2.26. The summed E-state index contributed by atoms with van der Waals surface area (Å²) in [5.41, 5.74) is 0.731. The van der Waals surface area contributed by atoms with Gasteiger partial charge >= 0.3 is 0 Å². The van der Waals surface area contributed by atoms with Crippen LogP contribution in [0.3, 0.4) is 0 Å². The van der Waals surface area contributed by atoms with Gasteiger partial charge in [0.2, 0.25) is 10.0 Å². The first-order valence-electron chi connectivity index (χ1n) is 8.70. The fraction of sp³-hybridized carbons (Fsp3) is 0.368. The van der Waals surface area contributed by atoms with Crippen LogP contribution in [0.5, 0.6) is 5.75 Å². The van der Waals surface area contributed by atoms with E-state index in [1.807, 2.05) is 6.07 Å². The molecule has 2 aromatic rings. The summed E-state index contributed by atoms with van der Waals surface area (Å²) in [6, 6.07) is 12.2. The number of nitrogens with one attached hydrogen (secondary N) is 1. The second kappa shape index (κ2) is 8.79. The van der Waals surface area contributed by atoms with Gasteiger partial charge in [0.1, 0.15) is 11.6 Å². The van der Waals surface area contributed by atoms with Crippen molar-refractivity contribution in [3.8, 4) is 5.75 Å². The third-order valence-electron chi connectivity index (χ3n) is 4.56. The largest absolute Gasteiger partial charge is 0.497 e. The highest BCUT2D eigenvalue weighted by molar-refractivity contribution is 7.89. The molecule has 8 heteroatoms. The third kappa shape index (κ3) is 5.04. The minimum atomic E-state index is -3.69.